The molecule has 2 aromatic rings. The number of ether oxygens (including phenoxy) is 2. The maximum absolute atomic E-state index is 14.0. The Morgan fingerprint density at radius 1 is 1.37 bits per heavy atom. The molecular weight excluding hydrogens is 351 g/mol. The van der Waals surface area contributed by atoms with Gasteiger partial charge in [0.2, 0.25) is 5.88 Å². The summed E-state index contributed by atoms with van der Waals surface area (Å²) >= 11 is 0. The standard InChI is InChI=1S/C19H21FN4O3/c1-2-26-18-10-17(12-3-4-13(11-21)16(20)9-12)23-24(18)14-5-7-15(8-6-14)27-19(22)25/h3-4,9-10,14-15H,2,5-8H2,1H3,(H2,22,25). The zero-order valence-electron chi connectivity index (χ0n) is 15.0. The van der Waals surface area contributed by atoms with E-state index in [4.69, 9.17) is 20.5 Å². The Labute approximate surface area is 156 Å². The lowest BCUT2D eigenvalue weighted by Gasteiger charge is -2.28. The van der Waals surface area contributed by atoms with Crippen LogP contribution in [0.2, 0.25) is 0 Å². The second-order valence-corrected chi connectivity index (χ2v) is 6.42. The van der Waals surface area contributed by atoms with Crippen molar-refractivity contribution in [1.82, 2.24) is 9.78 Å². The average molecular weight is 372 g/mol. The number of nitrogens with zero attached hydrogens (tertiary/aromatic N) is 3. The van der Waals surface area contributed by atoms with E-state index in [1.807, 2.05) is 17.7 Å². The first-order valence-electron chi connectivity index (χ1n) is 8.90. The van der Waals surface area contributed by atoms with E-state index in [0.29, 0.717) is 36.6 Å². The van der Waals surface area contributed by atoms with Crippen LogP contribution in [0.25, 0.3) is 11.3 Å². The molecule has 0 spiro atoms. The summed E-state index contributed by atoms with van der Waals surface area (Å²) in [6, 6.07) is 8.09. The molecule has 142 valence electrons. The number of carbonyl (C=O) groups excluding carboxylic acids is 1. The lowest BCUT2D eigenvalue weighted by molar-refractivity contribution is 0.0694. The van der Waals surface area contributed by atoms with Gasteiger partial charge in [-0.05, 0) is 44.7 Å². The number of primary amides is 1. The SMILES string of the molecule is CCOc1cc(-c2ccc(C#N)c(F)c2)nn1C1CCC(OC(N)=O)CC1. The van der Waals surface area contributed by atoms with Crippen molar-refractivity contribution in [2.75, 3.05) is 6.61 Å². The molecule has 0 aliphatic heterocycles. The number of halogens is 1. The molecular formula is C19H21FN4O3. The first-order chi connectivity index (χ1) is 13.0. The minimum absolute atomic E-state index is 0.00372. The highest BCUT2D eigenvalue weighted by molar-refractivity contribution is 5.64. The largest absolute Gasteiger partial charge is 0.478 e. The predicted molar refractivity (Wildman–Crippen MR) is 95.5 cm³/mol. The van der Waals surface area contributed by atoms with Crippen molar-refractivity contribution in [1.29, 1.82) is 5.26 Å². The van der Waals surface area contributed by atoms with Crippen molar-refractivity contribution < 1.29 is 18.7 Å². The molecule has 0 bridgehead atoms. The second kappa shape index (κ2) is 8.08. The van der Waals surface area contributed by atoms with Gasteiger partial charge in [0.05, 0.1) is 23.9 Å². The molecule has 0 atom stereocenters. The Hall–Kier alpha value is -3.08. The van der Waals surface area contributed by atoms with Crippen LogP contribution < -0.4 is 10.5 Å². The number of carbonyl (C=O) groups is 1. The van der Waals surface area contributed by atoms with Gasteiger partial charge in [-0.25, -0.2) is 13.9 Å². The summed E-state index contributed by atoms with van der Waals surface area (Å²) in [7, 11) is 0. The van der Waals surface area contributed by atoms with E-state index in [-0.39, 0.29) is 17.7 Å². The number of rotatable bonds is 5. The Morgan fingerprint density at radius 2 is 2.11 bits per heavy atom. The monoisotopic (exact) mass is 372 g/mol. The quantitative estimate of drug-likeness (QED) is 0.865. The van der Waals surface area contributed by atoms with E-state index in [0.717, 1.165) is 12.8 Å². The van der Waals surface area contributed by atoms with Gasteiger partial charge in [0.1, 0.15) is 18.0 Å². The molecule has 8 heteroatoms. The third-order valence-corrected chi connectivity index (χ3v) is 4.65. The fourth-order valence-corrected chi connectivity index (χ4v) is 3.37. The molecule has 27 heavy (non-hydrogen) atoms. The first kappa shape index (κ1) is 18.7. The van der Waals surface area contributed by atoms with Crippen LogP contribution in [0.4, 0.5) is 9.18 Å². The summed E-state index contributed by atoms with van der Waals surface area (Å²) in [5.74, 6) is 0.0307. The number of hydrogen-bond donors (Lipinski definition) is 1. The molecule has 1 aliphatic carbocycles. The molecule has 1 aliphatic rings. The van der Waals surface area contributed by atoms with Crippen molar-refractivity contribution in [2.24, 2.45) is 5.73 Å². The minimum Gasteiger partial charge on any atom is -0.478 e. The lowest BCUT2D eigenvalue weighted by atomic mass is 9.93. The first-order valence-corrected chi connectivity index (χ1v) is 8.90. The maximum atomic E-state index is 14.0. The number of hydrogen-bond acceptors (Lipinski definition) is 5. The smallest absolute Gasteiger partial charge is 0.404 e. The van der Waals surface area contributed by atoms with Crippen LogP contribution in [0.15, 0.2) is 24.3 Å². The summed E-state index contributed by atoms with van der Waals surface area (Å²) in [6.07, 6.45) is 2.00. The van der Waals surface area contributed by atoms with Crippen LogP contribution in [-0.4, -0.2) is 28.6 Å². The highest BCUT2D eigenvalue weighted by Gasteiger charge is 2.27. The van der Waals surface area contributed by atoms with Crippen molar-refractivity contribution in [3.63, 3.8) is 0 Å². The molecule has 1 heterocycles. The van der Waals surface area contributed by atoms with Crippen molar-refractivity contribution in [3.05, 3.63) is 35.6 Å². The van der Waals surface area contributed by atoms with Crippen LogP contribution >= 0.6 is 0 Å². The van der Waals surface area contributed by atoms with Crippen molar-refractivity contribution in [2.45, 2.75) is 44.8 Å². The van der Waals surface area contributed by atoms with E-state index in [1.54, 1.807) is 12.1 Å². The third kappa shape index (κ3) is 4.19. The fourth-order valence-electron chi connectivity index (χ4n) is 3.37. The van der Waals surface area contributed by atoms with Gasteiger partial charge in [0, 0.05) is 11.6 Å². The molecule has 0 saturated heterocycles. The van der Waals surface area contributed by atoms with Crippen LogP contribution in [0.5, 0.6) is 5.88 Å². The molecule has 0 unspecified atom stereocenters. The molecule has 3 rings (SSSR count). The predicted octanol–water partition coefficient (Wildman–Crippen LogP) is 3.54. The lowest BCUT2D eigenvalue weighted by Crippen LogP contribution is -2.28. The normalized spacial score (nSPS) is 19.3. The van der Waals surface area contributed by atoms with Gasteiger partial charge in [0.15, 0.2) is 0 Å². The fraction of sp³-hybridized carbons (Fsp3) is 0.421. The molecule has 0 radical (unpaired) electrons. The molecule has 1 aromatic carbocycles. The van der Waals surface area contributed by atoms with E-state index in [2.05, 4.69) is 5.10 Å². The number of aromatic nitrogens is 2. The topological polar surface area (TPSA) is 103 Å². The van der Waals surface area contributed by atoms with E-state index in [1.165, 1.54) is 12.1 Å². The number of nitrogens with two attached hydrogens (primary N) is 1. The average Bonchev–Trinajstić information content (AvgIpc) is 3.06. The maximum Gasteiger partial charge on any atom is 0.404 e. The second-order valence-electron chi connectivity index (χ2n) is 6.42. The summed E-state index contributed by atoms with van der Waals surface area (Å²) < 4.78 is 26.5. The van der Waals surface area contributed by atoms with Gasteiger partial charge >= 0.3 is 6.09 Å². The molecule has 1 aromatic heterocycles. The highest BCUT2D eigenvalue weighted by Crippen LogP contribution is 2.35. The van der Waals surface area contributed by atoms with Gasteiger partial charge < -0.3 is 15.2 Å². The molecule has 1 saturated carbocycles. The zero-order valence-corrected chi connectivity index (χ0v) is 15.0. The van der Waals surface area contributed by atoms with Gasteiger partial charge in [0.25, 0.3) is 0 Å². The number of nitriles is 1. The minimum atomic E-state index is -0.752. The summed E-state index contributed by atoms with van der Waals surface area (Å²) in [6.45, 7) is 2.36. The summed E-state index contributed by atoms with van der Waals surface area (Å²) in [4.78, 5) is 10.9. The van der Waals surface area contributed by atoms with Gasteiger partial charge in [-0.2, -0.15) is 10.4 Å². The van der Waals surface area contributed by atoms with Crippen LogP contribution in [0.3, 0.4) is 0 Å². The van der Waals surface area contributed by atoms with E-state index < -0.39 is 11.9 Å². The number of benzene rings is 1. The molecule has 1 amide bonds. The van der Waals surface area contributed by atoms with Gasteiger partial charge in [-0.1, -0.05) is 6.07 Å². The van der Waals surface area contributed by atoms with Crippen LogP contribution in [-0.2, 0) is 4.74 Å². The molecule has 1 fully saturated rings. The third-order valence-electron chi connectivity index (χ3n) is 4.65. The van der Waals surface area contributed by atoms with Gasteiger partial charge in [-0.15, -0.1) is 0 Å². The Kier molecular flexibility index (Phi) is 5.60. The molecule has 7 nitrogen and oxygen atoms in total. The van der Waals surface area contributed by atoms with Crippen molar-refractivity contribution in [3.8, 4) is 23.2 Å². The van der Waals surface area contributed by atoms with Gasteiger partial charge in [-0.3, -0.25) is 0 Å². The van der Waals surface area contributed by atoms with E-state index in [9.17, 15) is 9.18 Å². The Bertz CT molecular complexity index is 866. The zero-order chi connectivity index (χ0) is 19.4. The molecule has 2 N–H and O–H groups in total. The van der Waals surface area contributed by atoms with E-state index >= 15 is 0 Å². The van der Waals surface area contributed by atoms with Crippen LogP contribution in [0, 0.1) is 17.1 Å². The summed E-state index contributed by atoms with van der Waals surface area (Å²) in [5.41, 5.74) is 6.24. The number of amides is 1. The van der Waals surface area contributed by atoms with Crippen LogP contribution in [0.1, 0.15) is 44.2 Å². The highest BCUT2D eigenvalue weighted by atomic mass is 19.1. The summed E-state index contributed by atoms with van der Waals surface area (Å²) in [5, 5.41) is 13.5. The Balaban J connectivity index is 1.83. The Morgan fingerprint density at radius 3 is 2.70 bits per heavy atom. The van der Waals surface area contributed by atoms with Crippen molar-refractivity contribution >= 4 is 6.09 Å².